The first-order chi connectivity index (χ1) is 6.84. The zero-order chi connectivity index (χ0) is 10.2. The quantitative estimate of drug-likeness (QED) is 0.492. The molecule has 14 heavy (non-hydrogen) atoms. The molecule has 0 aromatic heterocycles. The third kappa shape index (κ3) is 4.10. The summed E-state index contributed by atoms with van der Waals surface area (Å²) in [6, 6.07) is 12.4. The fourth-order valence-corrected chi connectivity index (χ4v) is 3.51. The van der Waals surface area contributed by atoms with Gasteiger partial charge in [0.2, 0.25) is 0 Å². The van der Waals surface area contributed by atoms with E-state index in [0.717, 1.165) is 0 Å². The molecule has 0 amide bonds. The van der Waals surface area contributed by atoms with E-state index in [9.17, 15) is 0 Å². The summed E-state index contributed by atoms with van der Waals surface area (Å²) in [6.45, 7) is 4.71. The Balaban J connectivity index is 2.25. The first kappa shape index (κ1) is 11.5. The molecule has 1 heteroatoms. The highest BCUT2D eigenvalue weighted by Crippen LogP contribution is 2.06. The maximum absolute atomic E-state index is 2.44. The van der Waals surface area contributed by atoms with Gasteiger partial charge in [0.1, 0.15) is 0 Å². The van der Waals surface area contributed by atoms with Gasteiger partial charge in [-0.15, -0.1) is 0 Å². The summed E-state index contributed by atoms with van der Waals surface area (Å²) in [5.74, 6) is 0. The Kier molecular flexibility index (Phi) is 5.61. The van der Waals surface area contributed by atoms with E-state index in [0.29, 0.717) is 0 Å². The van der Waals surface area contributed by atoms with Crippen molar-refractivity contribution in [1.82, 2.24) is 0 Å². The molecule has 0 aliphatic carbocycles. The van der Waals surface area contributed by atoms with Gasteiger partial charge in [0.25, 0.3) is 0 Å². The Hall–Kier alpha value is -0.563. The maximum Gasteiger partial charge on any atom is 0.0824 e. The summed E-state index contributed by atoms with van der Waals surface area (Å²) in [5, 5.41) is 1.59. The molecule has 0 nitrogen and oxygen atoms in total. The van der Waals surface area contributed by atoms with Crippen molar-refractivity contribution >= 4 is 14.0 Å². The molecule has 0 N–H and O–H groups in total. The second kappa shape index (κ2) is 6.83. The molecular formula is C13H21Si. The van der Waals surface area contributed by atoms with E-state index < -0.39 is 0 Å². The second-order valence-corrected chi connectivity index (χ2v) is 6.60. The number of benzene rings is 1. The average molecular weight is 205 g/mol. The first-order valence-electron chi connectivity index (χ1n) is 5.72. The SMILES string of the molecule is CCCCCC[Si](C)c1ccccc1. The van der Waals surface area contributed by atoms with Gasteiger partial charge in [-0.05, 0) is 0 Å². The van der Waals surface area contributed by atoms with Crippen LogP contribution in [0.15, 0.2) is 30.3 Å². The third-order valence-electron chi connectivity index (χ3n) is 2.67. The lowest BCUT2D eigenvalue weighted by Gasteiger charge is -2.08. The lowest BCUT2D eigenvalue weighted by atomic mass is 10.2. The highest BCUT2D eigenvalue weighted by molar-refractivity contribution is 6.71. The van der Waals surface area contributed by atoms with Gasteiger partial charge >= 0.3 is 0 Å². The van der Waals surface area contributed by atoms with Crippen molar-refractivity contribution in [1.29, 1.82) is 0 Å². The molecule has 1 aromatic rings. The smallest absolute Gasteiger partial charge is 0.0669 e. The van der Waals surface area contributed by atoms with Crippen molar-refractivity contribution in [2.24, 2.45) is 0 Å². The fraction of sp³-hybridized carbons (Fsp3) is 0.538. The van der Waals surface area contributed by atoms with Crippen LogP contribution in [0.25, 0.3) is 0 Å². The zero-order valence-corrected chi connectivity index (χ0v) is 10.4. The summed E-state index contributed by atoms with van der Waals surface area (Å²) in [4.78, 5) is 0. The standard InChI is InChI=1S/C13H21Si/c1-3-4-5-9-12-14(2)13-10-7-6-8-11-13/h6-8,10-11H,3-5,9,12H2,1-2H3. The monoisotopic (exact) mass is 205 g/mol. The Morgan fingerprint density at radius 2 is 1.71 bits per heavy atom. The minimum atomic E-state index is -0.248. The fourth-order valence-electron chi connectivity index (χ4n) is 1.68. The van der Waals surface area contributed by atoms with Gasteiger partial charge in [-0.2, -0.15) is 0 Å². The lowest BCUT2D eigenvalue weighted by Crippen LogP contribution is -2.25. The Morgan fingerprint density at radius 1 is 1.00 bits per heavy atom. The van der Waals surface area contributed by atoms with E-state index in [1.54, 1.807) is 5.19 Å². The molecule has 0 aliphatic rings. The van der Waals surface area contributed by atoms with Gasteiger partial charge in [-0.3, -0.25) is 0 Å². The Bertz CT molecular complexity index is 230. The highest BCUT2D eigenvalue weighted by atomic mass is 28.3. The van der Waals surface area contributed by atoms with Crippen LogP contribution < -0.4 is 5.19 Å². The molecule has 0 saturated carbocycles. The Morgan fingerprint density at radius 3 is 2.36 bits per heavy atom. The van der Waals surface area contributed by atoms with Crippen LogP contribution in [0.2, 0.25) is 12.6 Å². The molecule has 0 aliphatic heterocycles. The summed E-state index contributed by atoms with van der Waals surface area (Å²) in [7, 11) is -0.248. The second-order valence-electron chi connectivity index (χ2n) is 3.96. The van der Waals surface area contributed by atoms with Crippen LogP contribution in [-0.2, 0) is 0 Å². The molecule has 0 atom stereocenters. The molecule has 0 fully saturated rings. The van der Waals surface area contributed by atoms with Crippen molar-refractivity contribution in [2.75, 3.05) is 0 Å². The van der Waals surface area contributed by atoms with Gasteiger partial charge < -0.3 is 0 Å². The predicted molar refractivity (Wildman–Crippen MR) is 66.6 cm³/mol. The third-order valence-corrected chi connectivity index (χ3v) is 5.09. The minimum absolute atomic E-state index is 0.248. The maximum atomic E-state index is 2.44. The van der Waals surface area contributed by atoms with Gasteiger partial charge in [0.05, 0.1) is 8.80 Å². The predicted octanol–water partition coefficient (Wildman–Crippen LogP) is 3.60. The van der Waals surface area contributed by atoms with E-state index in [4.69, 9.17) is 0 Å². The lowest BCUT2D eigenvalue weighted by molar-refractivity contribution is 0.699. The highest BCUT2D eigenvalue weighted by Gasteiger charge is 2.05. The van der Waals surface area contributed by atoms with Crippen molar-refractivity contribution < 1.29 is 0 Å². The Labute approximate surface area is 90.0 Å². The number of unbranched alkanes of at least 4 members (excludes halogenated alkanes) is 3. The van der Waals surface area contributed by atoms with Gasteiger partial charge in [-0.1, -0.05) is 80.7 Å². The van der Waals surface area contributed by atoms with E-state index in [2.05, 4.69) is 43.8 Å². The summed E-state index contributed by atoms with van der Waals surface area (Å²) in [6.07, 6.45) is 5.60. The molecule has 1 aromatic carbocycles. The van der Waals surface area contributed by atoms with Crippen LogP contribution in [-0.4, -0.2) is 8.80 Å². The van der Waals surface area contributed by atoms with Gasteiger partial charge in [0.15, 0.2) is 0 Å². The molecule has 0 unspecified atom stereocenters. The summed E-state index contributed by atoms with van der Waals surface area (Å²) in [5.41, 5.74) is 0. The van der Waals surface area contributed by atoms with Crippen LogP contribution in [0.4, 0.5) is 0 Å². The number of hydrogen-bond acceptors (Lipinski definition) is 0. The van der Waals surface area contributed by atoms with E-state index in [1.165, 1.54) is 31.7 Å². The van der Waals surface area contributed by atoms with Gasteiger partial charge in [-0.25, -0.2) is 0 Å². The molecule has 1 radical (unpaired) electrons. The minimum Gasteiger partial charge on any atom is -0.0669 e. The largest absolute Gasteiger partial charge is 0.0824 e. The average Bonchev–Trinajstić information content (AvgIpc) is 2.25. The van der Waals surface area contributed by atoms with E-state index in [1.807, 2.05) is 0 Å². The number of hydrogen-bond donors (Lipinski definition) is 0. The van der Waals surface area contributed by atoms with Crippen molar-refractivity contribution in [3.8, 4) is 0 Å². The molecule has 1 rings (SSSR count). The first-order valence-corrected chi connectivity index (χ1v) is 7.93. The normalized spacial score (nSPS) is 10.8. The van der Waals surface area contributed by atoms with Crippen LogP contribution in [0.5, 0.6) is 0 Å². The van der Waals surface area contributed by atoms with Crippen LogP contribution >= 0.6 is 0 Å². The van der Waals surface area contributed by atoms with Crippen molar-refractivity contribution in [3.63, 3.8) is 0 Å². The molecular weight excluding hydrogens is 184 g/mol. The van der Waals surface area contributed by atoms with Crippen LogP contribution in [0.3, 0.4) is 0 Å². The molecule has 0 bridgehead atoms. The number of rotatable bonds is 6. The molecule has 0 heterocycles. The van der Waals surface area contributed by atoms with Gasteiger partial charge in [0, 0.05) is 0 Å². The zero-order valence-electron chi connectivity index (χ0n) is 9.42. The van der Waals surface area contributed by atoms with E-state index in [-0.39, 0.29) is 8.80 Å². The van der Waals surface area contributed by atoms with Crippen molar-refractivity contribution in [3.05, 3.63) is 30.3 Å². The summed E-state index contributed by atoms with van der Waals surface area (Å²) < 4.78 is 0. The van der Waals surface area contributed by atoms with Crippen molar-refractivity contribution in [2.45, 2.75) is 45.2 Å². The summed E-state index contributed by atoms with van der Waals surface area (Å²) >= 11 is 0. The molecule has 0 spiro atoms. The van der Waals surface area contributed by atoms with E-state index >= 15 is 0 Å². The molecule has 77 valence electrons. The van der Waals surface area contributed by atoms with Crippen LogP contribution in [0.1, 0.15) is 32.6 Å². The van der Waals surface area contributed by atoms with Crippen LogP contribution in [0, 0.1) is 0 Å². The molecule has 0 saturated heterocycles. The topological polar surface area (TPSA) is 0 Å².